The molecule has 0 heterocycles. The first-order valence-corrected chi connectivity index (χ1v) is 4.43. The highest BCUT2D eigenvalue weighted by atomic mass is 16.3. The molecule has 0 aromatic carbocycles. The molecular formula is C10H18O2. The summed E-state index contributed by atoms with van der Waals surface area (Å²) in [6, 6.07) is 0. The number of hydrogen-bond donors (Lipinski definition) is 1. The molecule has 0 aliphatic carbocycles. The summed E-state index contributed by atoms with van der Waals surface area (Å²) in [6.45, 7) is 5.97. The summed E-state index contributed by atoms with van der Waals surface area (Å²) in [5.74, 6) is 0.349. The van der Waals surface area contributed by atoms with E-state index in [0.29, 0.717) is 0 Å². The molecule has 0 fully saturated rings. The number of aldehydes is 1. The van der Waals surface area contributed by atoms with E-state index in [2.05, 4.69) is 0 Å². The Bertz CT molecular complexity index is 152. The van der Waals surface area contributed by atoms with Gasteiger partial charge in [-0.2, -0.15) is 0 Å². The average molecular weight is 170 g/mol. The second-order valence-corrected chi connectivity index (χ2v) is 3.26. The molecule has 0 aliphatic rings. The first-order valence-electron chi connectivity index (χ1n) is 4.43. The minimum Gasteiger partial charge on any atom is -0.392 e. The maximum absolute atomic E-state index is 10.0. The van der Waals surface area contributed by atoms with E-state index in [-0.39, 0.29) is 17.9 Å². The van der Waals surface area contributed by atoms with Crippen molar-refractivity contribution in [3.8, 4) is 0 Å². The monoisotopic (exact) mass is 170 g/mol. The second-order valence-electron chi connectivity index (χ2n) is 3.26. The smallest absolute Gasteiger partial charge is 0.142 e. The van der Waals surface area contributed by atoms with Gasteiger partial charge in [0.2, 0.25) is 0 Å². The summed E-state index contributed by atoms with van der Waals surface area (Å²) in [5, 5.41) is 9.65. The summed E-state index contributed by atoms with van der Waals surface area (Å²) in [6.07, 6.45) is 4.53. The number of carbonyl (C=O) groups is 1. The van der Waals surface area contributed by atoms with Crippen LogP contribution in [0.2, 0.25) is 0 Å². The van der Waals surface area contributed by atoms with Gasteiger partial charge in [-0.15, -0.1) is 0 Å². The third kappa shape index (κ3) is 3.67. The van der Waals surface area contributed by atoms with Gasteiger partial charge in [0.1, 0.15) is 6.29 Å². The largest absolute Gasteiger partial charge is 0.392 e. The molecule has 1 N–H and O–H groups in total. The third-order valence-corrected chi connectivity index (χ3v) is 2.26. The van der Waals surface area contributed by atoms with E-state index in [4.69, 9.17) is 0 Å². The number of aliphatic hydroxyl groups is 1. The van der Waals surface area contributed by atoms with Crippen molar-refractivity contribution < 1.29 is 9.90 Å². The van der Waals surface area contributed by atoms with Crippen molar-refractivity contribution in [2.75, 3.05) is 0 Å². The maximum atomic E-state index is 10.0. The zero-order valence-corrected chi connectivity index (χ0v) is 8.03. The fourth-order valence-electron chi connectivity index (χ4n) is 1.09. The van der Waals surface area contributed by atoms with E-state index < -0.39 is 0 Å². The predicted molar refractivity (Wildman–Crippen MR) is 49.8 cm³/mol. The molecule has 0 rings (SSSR count). The van der Waals surface area contributed by atoms with Crippen molar-refractivity contribution in [2.24, 2.45) is 11.8 Å². The van der Waals surface area contributed by atoms with Crippen LogP contribution in [0, 0.1) is 11.8 Å². The van der Waals surface area contributed by atoms with Crippen molar-refractivity contribution in [1.82, 2.24) is 0 Å². The molecule has 0 saturated carbocycles. The highest BCUT2D eigenvalue weighted by Gasteiger charge is 2.16. The molecule has 0 aromatic rings. The molecule has 0 radical (unpaired) electrons. The summed E-state index contributed by atoms with van der Waals surface area (Å²) in [4.78, 5) is 10.0. The molecule has 2 nitrogen and oxygen atoms in total. The van der Waals surface area contributed by atoms with Gasteiger partial charge in [0.25, 0.3) is 0 Å². The SMILES string of the molecule is CCC(C)C(O)C(C)/C=C/C=O. The van der Waals surface area contributed by atoms with Crippen molar-refractivity contribution in [3.63, 3.8) is 0 Å². The van der Waals surface area contributed by atoms with E-state index in [1.54, 1.807) is 6.08 Å². The molecule has 0 spiro atoms. The zero-order chi connectivity index (χ0) is 9.56. The standard InChI is InChI=1S/C10H18O2/c1-4-8(2)10(12)9(3)6-5-7-11/h5-10,12H,4H2,1-3H3/b6-5+. The van der Waals surface area contributed by atoms with E-state index in [0.717, 1.165) is 12.7 Å². The minimum absolute atomic E-state index is 0.0603. The molecule has 0 amide bonds. The Balaban J connectivity index is 3.99. The second kappa shape index (κ2) is 5.95. The Kier molecular flexibility index (Phi) is 5.64. The van der Waals surface area contributed by atoms with Crippen LogP contribution >= 0.6 is 0 Å². The van der Waals surface area contributed by atoms with Crippen molar-refractivity contribution in [2.45, 2.75) is 33.3 Å². The summed E-state index contributed by atoms with van der Waals surface area (Å²) in [7, 11) is 0. The lowest BCUT2D eigenvalue weighted by atomic mass is 9.91. The maximum Gasteiger partial charge on any atom is 0.142 e. The van der Waals surface area contributed by atoms with Gasteiger partial charge in [-0.05, 0) is 12.0 Å². The van der Waals surface area contributed by atoms with E-state index in [1.807, 2.05) is 20.8 Å². The van der Waals surface area contributed by atoms with Crippen molar-refractivity contribution in [1.29, 1.82) is 0 Å². The van der Waals surface area contributed by atoms with Crippen LogP contribution in [-0.2, 0) is 4.79 Å². The highest BCUT2D eigenvalue weighted by molar-refractivity contribution is 5.64. The van der Waals surface area contributed by atoms with E-state index in [9.17, 15) is 9.90 Å². The molecule has 0 aromatic heterocycles. The molecular weight excluding hydrogens is 152 g/mol. The van der Waals surface area contributed by atoms with Crippen LogP contribution in [0.5, 0.6) is 0 Å². The highest BCUT2D eigenvalue weighted by Crippen LogP contribution is 2.16. The summed E-state index contributed by atoms with van der Waals surface area (Å²) in [5.41, 5.74) is 0. The lowest BCUT2D eigenvalue weighted by Crippen LogP contribution is -2.23. The number of carbonyl (C=O) groups excluding carboxylic acids is 1. The molecule has 0 aliphatic heterocycles. The number of hydrogen-bond acceptors (Lipinski definition) is 2. The van der Waals surface area contributed by atoms with Crippen LogP contribution in [-0.4, -0.2) is 17.5 Å². The predicted octanol–water partition coefficient (Wildman–Crippen LogP) is 1.78. The Labute approximate surface area is 74.3 Å². The van der Waals surface area contributed by atoms with Crippen LogP contribution in [0.15, 0.2) is 12.2 Å². The van der Waals surface area contributed by atoms with Crippen molar-refractivity contribution in [3.05, 3.63) is 12.2 Å². The first kappa shape index (κ1) is 11.4. The van der Waals surface area contributed by atoms with Crippen LogP contribution in [0.25, 0.3) is 0 Å². The van der Waals surface area contributed by atoms with Gasteiger partial charge < -0.3 is 5.11 Å². The molecule has 2 heteroatoms. The molecule has 0 bridgehead atoms. The topological polar surface area (TPSA) is 37.3 Å². The zero-order valence-electron chi connectivity index (χ0n) is 8.03. The van der Waals surface area contributed by atoms with Crippen LogP contribution < -0.4 is 0 Å². The summed E-state index contributed by atoms with van der Waals surface area (Å²) >= 11 is 0. The van der Waals surface area contributed by atoms with Gasteiger partial charge in [0.05, 0.1) is 6.10 Å². The van der Waals surface area contributed by atoms with Crippen LogP contribution in [0.1, 0.15) is 27.2 Å². The van der Waals surface area contributed by atoms with Crippen LogP contribution in [0.4, 0.5) is 0 Å². The lowest BCUT2D eigenvalue weighted by Gasteiger charge is -2.21. The molecule has 70 valence electrons. The quantitative estimate of drug-likeness (QED) is 0.504. The van der Waals surface area contributed by atoms with Gasteiger partial charge in [-0.25, -0.2) is 0 Å². The fourth-order valence-corrected chi connectivity index (χ4v) is 1.09. The third-order valence-electron chi connectivity index (χ3n) is 2.26. The van der Waals surface area contributed by atoms with Gasteiger partial charge >= 0.3 is 0 Å². The van der Waals surface area contributed by atoms with Crippen LogP contribution in [0.3, 0.4) is 0 Å². The van der Waals surface area contributed by atoms with Gasteiger partial charge in [-0.1, -0.05) is 33.3 Å². The molecule has 0 saturated heterocycles. The lowest BCUT2D eigenvalue weighted by molar-refractivity contribution is -0.104. The van der Waals surface area contributed by atoms with Gasteiger partial charge in [0.15, 0.2) is 0 Å². The first-order chi connectivity index (χ1) is 5.63. The van der Waals surface area contributed by atoms with Gasteiger partial charge in [-0.3, -0.25) is 4.79 Å². The van der Waals surface area contributed by atoms with Crippen molar-refractivity contribution >= 4 is 6.29 Å². The minimum atomic E-state index is -0.341. The fraction of sp³-hybridized carbons (Fsp3) is 0.700. The molecule has 12 heavy (non-hydrogen) atoms. The Morgan fingerprint density at radius 3 is 2.42 bits per heavy atom. The number of aliphatic hydroxyl groups excluding tert-OH is 1. The Morgan fingerprint density at radius 2 is 2.00 bits per heavy atom. The van der Waals surface area contributed by atoms with Gasteiger partial charge in [0, 0.05) is 5.92 Å². The number of rotatable bonds is 5. The Hall–Kier alpha value is -0.630. The average Bonchev–Trinajstić information content (AvgIpc) is 2.11. The Morgan fingerprint density at radius 1 is 1.42 bits per heavy atom. The van der Waals surface area contributed by atoms with E-state index >= 15 is 0 Å². The number of allylic oxidation sites excluding steroid dienone is 1. The molecule has 3 unspecified atom stereocenters. The van der Waals surface area contributed by atoms with E-state index in [1.165, 1.54) is 6.08 Å². The normalized spacial score (nSPS) is 19.0. The summed E-state index contributed by atoms with van der Waals surface area (Å²) < 4.78 is 0. The molecule has 3 atom stereocenters.